The molecule has 0 saturated heterocycles. The molecule has 0 nitrogen and oxygen atoms in total. The van der Waals surface area contributed by atoms with Crippen molar-refractivity contribution >= 4 is 13.5 Å². The molecule has 0 amide bonds. The number of allylic oxidation sites excluding steroid dienone is 10. The molecule has 1 atom stereocenters. The first kappa shape index (κ1) is 19.3. The SMILES string of the molecule is CC(C)=C1C(C2=CC=CC2)=PC2=CC=CC21.[Cl-].[Cl-].[Zr+2]. The van der Waals surface area contributed by atoms with Crippen molar-refractivity contribution in [2.24, 2.45) is 5.92 Å². The molecule has 0 aromatic carbocycles. The summed E-state index contributed by atoms with van der Waals surface area (Å²) in [5.41, 5.74) is 4.55. The van der Waals surface area contributed by atoms with E-state index in [4.69, 9.17) is 0 Å². The molecule has 0 N–H and O–H groups in total. The van der Waals surface area contributed by atoms with Crippen LogP contribution in [0.15, 0.2) is 58.5 Å². The Hall–Kier alpha value is 0.333. The zero-order valence-corrected chi connectivity index (χ0v) is 15.8. The molecular weight excluding hydrogens is 373 g/mol. The van der Waals surface area contributed by atoms with Crippen molar-refractivity contribution < 1.29 is 51.0 Å². The summed E-state index contributed by atoms with van der Waals surface area (Å²) in [6, 6.07) is 0. The number of halogens is 2. The van der Waals surface area contributed by atoms with E-state index in [0.717, 1.165) is 6.42 Å². The fraction of sp³-hybridized carbons (Fsp3) is 0.267. The van der Waals surface area contributed by atoms with Gasteiger partial charge >= 0.3 is 26.2 Å². The zero-order valence-electron chi connectivity index (χ0n) is 11.0. The Balaban J connectivity index is 0.00000108. The first-order valence-corrected chi connectivity index (χ1v) is 6.67. The molecule has 1 aliphatic heterocycles. The van der Waals surface area contributed by atoms with Crippen molar-refractivity contribution in [3.63, 3.8) is 0 Å². The Bertz CT molecular complexity index is 532. The van der Waals surface area contributed by atoms with E-state index < -0.39 is 0 Å². The molecule has 19 heavy (non-hydrogen) atoms. The van der Waals surface area contributed by atoms with Gasteiger partial charge in [0.05, 0.1) is 0 Å². The normalized spacial score (nSPS) is 22.5. The van der Waals surface area contributed by atoms with E-state index in [9.17, 15) is 0 Å². The summed E-state index contributed by atoms with van der Waals surface area (Å²) in [6.45, 7) is 4.48. The minimum atomic E-state index is 0. The van der Waals surface area contributed by atoms with Crippen molar-refractivity contribution in [2.45, 2.75) is 20.3 Å². The molecule has 0 saturated carbocycles. The third kappa shape index (κ3) is 3.51. The van der Waals surface area contributed by atoms with Crippen LogP contribution in [0, 0.1) is 5.92 Å². The van der Waals surface area contributed by atoms with Gasteiger partial charge in [-0.25, -0.2) is 0 Å². The van der Waals surface area contributed by atoms with E-state index in [1.807, 2.05) is 0 Å². The number of fused-ring (bicyclic) bond motifs is 1. The van der Waals surface area contributed by atoms with Crippen molar-refractivity contribution in [1.29, 1.82) is 0 Å². The Morgan fingerprint density at radius 2 is 1.89 bits per heavy atom. The fourth-order valence-corrected chi connectivity index (χ4v) is 4.14. The summed E-state index contributed by atoms with van der Waals surface area (Å²) in [5.74, 6) is 0.572. The first-order chi connectivity index (χ1) is 7.77. The predicted molar refractivity (Wildman–Crippen MR) is 72.9 cm³/mol. The van der Waals surface area contributed by atoms with Gasteiger partial charge in [0.1, 0.15) is 0 Å². The van der Waals surface area contributed by atoms with E-state index >= 15 is 0 Å². The van der Waals surface area contributed by atoms with Gasteiger partial charge in [-0.2, -0.15) is 0 Å². The van der Waals surface area contributed by atoms with Crippen LogP contribution in [0.4, 0.5) is 0 Å². The molecule has 4 heteroatoms. The molecule has 1 unspecified atom stereocenters. The standard InChI is InChI=1S/C15H15P.2ClH.Zr/c1-10(2)14-12-8-5-9-13(12)16-15(14)11-6-3-4-7-11;;;/h3-6,8-9,12H,7H2,1-2H3;2*1H;/q;;;+2/p-2. The Labute approximate surface area is 148 Å². The van der Waals surface area contributed by atoms with Gasteiger partial charge in [-0.15, -0.1) is 0 Å². The van der Waals surface area contributed by atoms with Gasteiger partial charge in [-0.1, -0.05) is 50.2 Å². The van der Waals surface area contributed by atoms with E-state index in [1.54, 1.807) is 16.2 Å². The monoisotopic (exact) mass is 386 g/mol. The van der Waals surface area contributed by atoms with E-state index in [-0.39, 0.29) is 51.0 Å². The Kier molecular flexibility index (Phi) is 8.08. The molecule has 98 valence electrons. The van der Waals surface area contributed by atoms with Gasteiger partial charge in [-0.3, -0.25) is 0 Å². The van der Waals surface area contributed by atoms with Crippen LogP contribution in [-0.2, 0) is 26.2 Å². The summed E-state index contributed by atoms with van der Waals surface area (Å²) in [6.07, 6.45) is 14.6. The number of rotatable bonds is 1. The largest absolute Gasteiger partial charge is 2.00 e. The molecule has 1 heterocycles. The summed E-state index contributed by atoms with van der Waals surface area (Å²) in [5, 5.41) is 3.12. The van der Waals surface area contributed by atoms with Crippen molar-refractivity contribution in [1.82, 2.24) is 0 Å². The molecule has 0 aromatic heterocycles. The Morgan fingerprint density at radius 3 is 2.47 bits per heavy atom. The average molecular weight is 388 g/mol. The second kappa shape index (κ2) is 7.94. The van der Waals surface area contributed by atoms with Crippen LogP contribution in [0.25, 0.3) is 0 Å². The summed E-state index contributed by atoms with van der Waals surface area (Å²) in [4.78, 5) is 0. The molecule has 3 rings (SSSR count). The maximum Gasteiger partial charge on any atom is 2.00 e. The fourth-order valence-electron chi connectivity index (χ4n) is 2.57. The van der Waals surface area contributed by atoms with E-state index in [0.29, 0.717) is 5.92 Å². The molecule has 3 aliphatic rings. The quantitative estimate of drug-likeness (QED) is 0.476. The second-order valence-electron chi connectivity index (χ2n) is 4.65. The summed E-state index contributed by atoms with van der Waals surface area (Å²) < 4.78 is 0. The topological polar surface area (TPSA) is 0 Å². The predicted octanol–water partition coefficient (Wildman–Crippen LogP) is -1.58. The molecule has 0 aromatic rings. The smallest absolute Gasteiger partial charge is 1.00 e. The summed E-state index contributed by atoms with van der Waals surface area (Å²) >= 11 is 0. The molecule has 2 aliphatic carbocycles. The Morgan fingerprint density at radius 1 is 1.16 bits per heavy atom. The van der Waals surface area contributed by atoms with Gasteiger partial charge in [0.15, 0.2) is 0 Å². The van der Waals surface area contributed by atoms with Crippen LogP contribution in [0.1, 0.15) is 20.3 Å². The van der Waals surface area contributed by atoms with E-state index in [1.165, 1.54) is 19.4 Å². The molecule has 0 fully saturated rings. The summed E-state index contributed by atoms with van der Waals surface area (Å²) in [7, 11) is 1.43. The minimum Gasteiger partial charge on any atom is -1.00 e. The van der Waals surface area contributed by atoms with Gasteiger partial charge in [-0.05, 0) is 36.7 Å². The first-order valence-electron chi connectivity index (χ1n) is 5.78. The molecular formula is C15H15Cl2PZr. The zero-order chi connectivity index (χ0) is 11.1. The van der Waals surface area contributed by atoms with Gasteiger partial charge in [0, 0.05) is 11.2 Å². The molecule has 0 radical (unpaired) electrons. The second-order valence-corrected chi connectivity index (χ2v) is 5.84. The van der Waals surface area contributed by atoms with Crippen LogP contribution >= 0.6 is 8.20 Å². The minimum absolute atomic E-state index is 0. The maximum absolute atomic E-state index is 2.33. The van der Waals surface area contributed by atoms with Crippen LogP contribution in [0.5, 0.6) is 0 Å². The van der Waals surface area contributed by atoms with Crippen molar-refractivity contribution in [3.8, 4) is 0 Å². The van der Waals surface area contributed by atoms with Crippen molar-refractivity contribution in [3.05, 3.63) is 58.5 Å². The van der Waals surface area contributed by atoms with Gasteiger partial charge in [0.2, 0.25) is 0 Å². The van der Waals surface area contributed by atoms with Crippen LogP contribution in [0.3, 0.4) is 0 Å². The molecule has 0 spiro atoms. The third-order valence-corrected chi connectivity index (χ3v) is 4.75. The van der Waals surface area contributed by atoms with Crippen LogP contribution in [-0.4, -0.2) is 5.29 Å². The van der Waals surface area contributed by atoms with E-state index in [2.05, 4.69) is 50.3 Å². The average Bonchev–Trinajstić information content (AvgIpc) is 2.92. The number of hydrogen-bond donors (Lipinski definition) is 0. The van der Waals surface area contributed by atoms with Crippen LogP contribution < -0.4 is 24.8 Å². The van der Waals surface area contributed by atoms with Gasteiger partial charge in [0.25, 0.3) is 0 Å². The van der Waals surface area contributed by atoms with Crippen LogP contribution in [0.2, 0.25) is 0 Å². The van der Waals surface area contributed by atoms with Crippen molar-refractivity contribution in [2.75, 3.05) is 0 Å². The maximum atomic E-state index is 2.33. The number of hydrogen-bond acceptors (Lipinski definition) is 0. The molecule has 0 bridgehead atoms. The third-order valence-electron chi connectivity index (χ3n) is 3.31. The van der Waals surface area contributed by atoms with Gasteiger partial charge < -0.3 is 24.8 Å².